The summed E-state index contributed by atoms with van der Waals surface area (Å²) in [5.41, 5.74) is 0. The summed E-state index contributed by atoms with van der Waals surface area (Å²) in [6.07, 6.45) is 0.909. The highest BCUT2D eigenvalue weighted by Gasteiger charge is 2.16. The second-order valence-corrected chi connectivity index (χ2v) is 5.45. The lowest BCUT2D eigenvalue weighted by atomic mass is 10.3. The van der Waals surface area contributed by atoms with Gasteiger partial charge in [-0.05, 0) is 37.3 Å². The first-order valence-electron chi connectivity index (χ1n) is 5.98. The zero-order valence-electron chi connectivity index (χ0n) is 10.7. The number of benzene rings is 1. The second-order valence-electron chi connectivity index (χ2n) is 4.13. The Balaban J connectivity index is 1.90. The topological polar surface area (TPSA) is 51.5 Å². The van der Waals surface area contributed by atoms with Crippen molar-refractivity contribution in [1.29, 1.82) is 0 Å². The van der Waals surface area contributed by atoms with Gasteiger partial charge < -0.3 is 14.5 Å². The minimum atomic E-state index is -0.649. The minimum Gasteiger partial charge on any atom is -0.479 e. The Morgan fingerprint density at radius 3 is 2.95 bits per heavy atom. The molecular weight excluding hydrogens is 346 g/mol. The first-order valence-corrected chi connectivity index (χ1v) is 7.15. The van der Waals surface area contributed by atoms with E-state index in [-0.39, 0.29) is 5.91 Å². The van der Waals surface area contributed by atoms with Crippen molar-refractivity contribution >= 4 is 33.4 Å². The normalized spacial score (nSPS) is 11.9. The molecule has 6 heteroatoms. The summed E-state index contributed by atoms with van der Waals surface area (Å²) in [5, 5.41) is 3.18. The van der Waals surface area contributed by atoms with E-state index >= 15 is 0 Å². The standard InChI is InChI=1S/C14H13BrClNO3/c1-9(14(18)17-8-11-3-2-6-19-11)20-13-5-4-10(15)7-12(13)16/h2-7,9H,8H2,1H3,(H,17,18)/t9-/m0/s1. The van der Waals surface area contributed by atoms with Gasteiger partial charge in [0.2, 0.25) is 0 Å². The van der Waals surface area contributed by atoms with E-state index in [9.17, 15) is 4.79 Å². The third-order valence-electron chi connectivity index (χ3n) is 2.58. The van der Waals surface area contributed by atoms with Crippen LogP contribution in [0, 0.1) is 0 Å². The largest absolute Gasteiger partial charge is 0.479 e. The molecule has 106 valence electrons. The molecule has 0 spiro atoms. The van der Waals surface area contributed by atoms with Gasteiger partial charge in [0, 0.05) is 4.47 Å². The zero-order valence-corrected chi connectivity index (χ0v) is 13.1. The van der Waals surface area contributed by atoms with Crippen LogP contribution in [-0.4, -0.2) is 12.0 Å². The molecule has 0 radical (unpaired) electrons. The molecule has 0 aliphatic carbocycles. The lowest BCUT2D eigenvalue weighted by Crippen LogP contribution is -2.35. The van der Waals surface area contributed by atoms with E-state index in [1.165, 1.54) is 0 Å². The Bertz CT molecular complexity index is 586. The molecule has 1 aromatic heterocycles. The fourth-order valence-corrected chi connectivity index (χ4v) is 2.26. The van der Waals surface area contributed by atoms with Crippen molar-refractivity contribution in [3.05, 3.63) is 51.9 Å². The third-order valence-corrected chi connectivity index (χ3v) is 3.37. The van der Waals surface area contributed by atoms with Crippen molar-refractivity contribution in [2.24, 2.45) is 0 Å². The van der Waals surface area contributed by atoms with E-state index in [1.54, 1.807) is 43.5 Å². The Morgan fingerprint density at radius 2 is 2.30 bits per heavy atom. The van der Waals surface area contributed by atoms with Gasteiger partial charge in [0.1, 0.15) is 11.5 Å². The number of hydrogen-bond acceptors (Lipinski definition) is 3. The van der Waals surface area contributed by atoms with Gasteiger partial charge in [-0.3, -0.25) is 4.79 Å². The van der Waals surface area contributed by atoms with E-state index < -0.39 is 6.10 Å². The molecule has 0 aliphatic rings. The van der Waals surface area contributed by atoms with Crippen LogP contribution in [0.25, 0.3) is 0 Å². The summed E-state index contributed by atoms with van der Waals surface area (Å²) in [6, 6.07) is 8.78. The van der Waals surface area contributed by atoms with Crippen molar-refractivity contribution < 1.29 is 13.9 Å². The number of rotatable bonds is 5. The number of ether oxygens (including phenoxy) is 1. The first-order chi connectivity index (χ1) is 9.56. The highest BCUT2D eigenvalue weighted by molar-refractivity contribution is 9.10. The summed E-state index contributed by atoms with van der Waals surface area (Å²) in [4.78, 5) is 11.9. The van der Waals surface area contributed by atoms with Crippen LogP contribution in [-0.2, 0) is 11.3 Å². The van der Waals surface area contributed by atoms with Crippen LogP contribution in [0.3, 0.4) is 0 Å². The molecule has 20 heavy (non-hydrogen) atoms. The van der Waals surface area contributed by atoms with E-state index in [0.717, 1.165) is 4.47 Å². The average Bonchev–Trinajstić information content (AvgIpc) is 2.92. The van der Waals surface area contributed by atoms with Crippen molar-refractivity contribution in [2.75, 3.05) is 0 Å². The number of furan rings is 1. The minimum absolute atomic E-state index is 0.236. The SMILES string of the molecule is C[C@H](Oc1ccc(Br)cc1Cl)C(=O)NCc1ccco1. The second kappa shape index (κ2) is 6.81. The van der Waals surface area contributed by atoms with Crippen LogP contribution >= 0.6 is 27.5 Å². The number of hydrogen-bond donors (Lipinski definition) is 1. The van der Waals surface area contributed by atoms with Gasteiger partial charge in [-0.25, -0.2) is 0 Å². The number of carbonyl (C=O) groups is 1. The van der Waals surface area contributed by atoms with Gasteiger partial charge in [-0.2, -0.15) is 0 Å². The summed E-state index contributed by atoms with van der Waals surface area (Å²) in [7, 11) is 0. The Labute approximate surface area is 130 Å². The summed E-state index contributed by atoms with van der Waals surface area (Å²) in [6.45, 7) is 1.99. The van der Waals surface area contributed by atoms with E-state index in [2.05, 4.69) is 21.2 Å². The van der Waals surface area contributed by atoms with Gasteiger partial charge in [-0.1, -0.05) is 27.5 Å². The number of halogens is 2. The summed E-state index contributed by atoms with van der Waals surface area (Å²) in [5.74, 6) is 0.920. The molecule has 0 saturated heterocycles. The molecule has 2 aromatic rings. The van der Waals surface area contributed by atoms with Crippen LogP contribution in [0.15, 0.2) is 45.5 Å². The van der Waals surface area contributed by atoms with Crippen molar-refractivity contribution in [2.45, 2.75) is 19.6 Å². The third kappa shape index (κ3) is 4.02. The molecule has 1 atom stereocenters. The summed E-state index contributed by atoms with van der Waals surface area (Å²) >= 11 is 9.34. The number of nitrogens with one attached hydrogen (secondary N) is 1. The van der Waals surface area contributed by atoms with Crippen LogP contribution in [0.5, 0.6) is 5.75 Å². The van der Waals surface area contributed by atoms with Crippen molar-refractivity contribution in [1.82, 2.24) is 5.32 Å². The Hall–Kier alpha value is -1.46. The molecule has 0 fully saturated rings. The van der Waals surface area contributed by atoms with Crippen LogP contribution in [0.1, 0.15) is 12.7 Å². The van der Waals surface area contributed by atoms with E-state index in [0.29, 0.717) is 23.1 Å². The molecule has 1 aromatic carbocycles. The van der Waals surface area contributed by atoms with Crippen LogP contribution < -0.4 is 10.1 Å². The van der Waals surface area contributed by atoms with E-state index in [4.69, 9.17) is 20.8 Å². The molecule has 0 aliphatic heterocycles. The smallest absolute Gasteiger partial charge is 0.261 e. The summed E-state index contributed by atoms with van der Waals surface area (Å²) < 4.78 is 11.5. The predicted molar refractivity (Wildman–Crippen MR) is 79.8 cm³/mol. The molecule has 0 bridgehead atoms. The molecule has 1 N–H and O–H groups in total. The van der Waals surface area contributed by atoms with Crippen molar-refractivity contribution in [3.8, 4) is 5.75 Å². The molecule has 4 nitrogen and oxygen atoms in total. The molecular formula is C14H13BrClNO3. The maximum Gasteiger partial charge on any atom is 0.261 e. The maximum absolute atomic E-state index is 11.9. The first kappa shape index (κ1) is 14.9. The number of amides is 1. The predicted octanol–water partition coefficient (Wildman–Crippen LogP) is 3.78. The molecule has 1 amide bonds. The van der Waals surface area contributed by atoms with Crippen LogP contribution in [0.4, 0.5) is 0 Å². The molecule has 0 unspecified atom stereocenters. The fourth-order valence-electron chi connectivity index (χ4n) is 1.55. The van der Waals surface area contributed by atoms with Gasteiger partial charge in [-0.15, -0.1) is 0 Å². The number of carbonyl (C=O) groups excluding carboxylic acids is 1. The van der Waals surface area contributed by atoms with Crippen LogP contribution in [0.2, 0.25) is 5.02 Å². The van der Waals surface area contributed by atoms with Gasteiger partial charge in [0.15, 0.2) is 6.10 Å². The van der Waals surface area contributed by atoms with Crippen molar-refractivity contribution in [3.63, 3.8) is 0 Å². The van der Waals surface area contributed by atoms with Gasteiger partial charge in [0.05, 0.1) is 17.8 Å². The Morgan fingerprint density at radius 1 is 1.50 bits per heavy atom. The quantitative estimate of drug-likeness (QED) is 0.885. The van der Waals surface area contributed by atoms with E-state index in [1.807, 2.05) is 0 Å². The zero-order chi connectivity index (χ0) is 14.5. The monoisotopic (exact) mass is 357 g/mol. The van der Waals surface area contributed by atoms with Gasteiger partial charge >= 0.3 is 0 Å². The van der Waals surface area contributed by atoms with Gasteiger partial charge in [0.25, 0.3) is 5.91 Å². The average molecular weight is 359 g/mol. The molecule has 1 heterocycles. The highest BCUT2D eigenvalue weighted by atomic mass is 79.9. The Kier molecular flexibility index (Phi) is 5.09. The molecule has 2 rings (SSSR count). The lowest BCUT2D eigenvalue weighted by molar-refractivity contribution is -0.127. The molecule has 0 saturated carbocycles. The maximum atomic E-state index is 11.9. The lowest BCUT2D eigenvalue weighted by Gasteiger charge is -2.15. The highest BCUT2D eigenvalue weighted by Crippen LogP contribution is 2.28. The fraction of sp³-hybridized carbons (Fsp3) is 0.214.